The van der Waals surface area contributed by atoms with Crippen LogP contribution in [0.5, 0.6) is 0 Å². The summed E-state index contributed by atoms with van der Waals surface area (Å²) < 4.78 is 4.64. The van der Waals surface area contributed by atoms with Crippen molar-refractivity contribution < 1.29 is 69.2 Å². The summed E-state index contributed by atoms with van der Waals surface area (Å²) in [5.41, 5.74) is 7.11. The molecule has 0 amide bonds. The summed E-state index contributed by atoms with van der Waals surface area (Å²) in [4.78, 5) is 0. The third kappa shape index (κ3) is 3.08. The molecule has 6 nitrogen and oxygen atoms in total. The van der Waals surface area contributed by atoms with E-state index in [-0.39, 0.29) is 44.1 Å². The first kappa shape index (κ1) is 14.2. The maximum atomic E-state index is 9.16. The molecule has 1 fully saturated rings. The van der Waals surface area contributed by atoms with Crippen LogP contribution in [0.15, 0.2) is 0 Å². The van der Waals surface area contributed by atoms with Crippen molar-refractivity contribution in [2.45, 2.75) is 30.6 Å². The monoisotopic (exact) mass is 405 g/mol. The summed E-state index contributed by atoms with van der Waals surface area (Å²) in [6, 6.07) is -1.29. The summed E-state index contributed by atoms with van der Waals surface area (Å²) in [5, 5.41) is 35.9. The van der Waals surface area contributed by atoms with Crippen molar-refractivity contribution in [3.8, 4) is 0 Å². The minimum absolute atomic E-state index is 0. The summed E-state index contributed by atoms with van der Waals surface area (Å²) >= 11 is 0. The first-order valence-corrected chi connectivity index (χ1v) is 3.59. The molecule has 7 heteroatoms. The van der Waals surface area contributed by atoms with Gasteiger partial charge in [-0.3, -0.25) is 0 Å². The van der Waals surface area contributed by atoms with Gasteiger partial charge in [-0.05, 0) is 0 Å². The van der Waals surface area contributed by atoms with Crippen LogP contribution in [0.2, 0.25) is 0 Å². The quantitative estimate of drug-likeness (QED) is 0.397. The third-order valence-electron chi connectivity index (χ3n) is 1.90. The number of nitrogens with one attached hydrogen (secondary N) is 1. The molecule has 5 N–H and O–H groups in total. The first-order chi connectivity index (χ1) is 5.57. The zero-order valence-corrected chi connectivity index (χ0v) is 11.6. The fourth-order valence-corrected chi connectivity index (χ4v) is 1.10. The molecule has 0 spiro atoms. The molecule has 0 aliphatic carbocycles. The molecule has 0 saturated carbocycles. The Morgan fingerprint density at radius 1 is 1.15 bits per heavy atom. The van der Waals surface area contributed by atoms with Crippen LogP contribution < -0.4 is 0 Å². The molecule has 1 rings (SSSR count). The van der Waals surface area contributed by atoms with Crippen LogP contribution in [0.3, 0.4) is 0 Å². The Hall–Kier alpha value is 1.20. The SMILES string of the molecule is [Ac].[NH-]C1C(O)OC(CO)C(O)C1O. The van der Waals surface area contributed by atoms with Crippen LogP contribution >= 0.6 is 0 Å². The van der Waals surface area contributed by atoms with Gasteiger partial charge in [0.1, 0.15) is 18.5 Å². The maximum absolute atomic E-state index is 9.16. The largest absolute Gasteiger partial charge is 0.668 e. The maximum Gasteiger partial charge on any atom is 0.141 e. The number of rotatable bonds is 1. The number of hydrogen-bond acceptors (Lipinski definition) is 5. The molecule has 0 aromatic rings. The normalized spacial score (nSPS) is 45.5. The molecule has 0 bridgehead atoms. The fraction of sp³-hybridized carbons (Fsp3) is 1.00. The van der Waals surface area contributed by atoms with E-state index in [1.54, 1.807) is 0 Å². The summed E-state index contributed by atoms with van der Waals surface area (Å²) in [6.45, 7) is -0.498. The van der Waals surface area contributed by atoms with E-state index in [1.165, 1.54) is 0 Å². The van der Waals surface area contributed by atoms with Crippen molar-refractivity contribution in [3.63, 3.8) is 0 Å². The first-order valence-electron chi connectivity index (χ1n) is 3.59. The van der Waals surface area contributed by atoms with E-state index in [2.05, 4.69) is 4.74 Å². The van der Waals surface area contributed by atoms with Gasteiger partial charge in [-0.25, -0.2) is 0 Å². The van der Waals surface area contributed by atoms with Crippen molar-refractivity contribution >= 4 is 0 Å². The van der Waals surface area contributed by atoms with Crippen LogP contribution in [-0.4, -0.2) is 57.7 Å². The average molecular weight is 405 g/mol. The van der Waals surface area contributed by atoms with Gasteiger partial charge < -0.3 is 30.9 Å². The van der Waals surface area contributed by atoms with Crippen molar-refractivity contribution in [3.05, 3.63) is 5.73 Å². The van der Waals surface area contributed by atoms with Gasteiger partial charge >= 0.3 is 0 Å². The van der Waals surface area contributed by atoms with Gasteiger partial charge in [0.15, 0.2) is 0 Å². The fourth-order valence-electron chi connectivity index (χ4n) is 1.10. The van der Waals surface area contributed by atoms with Crippen molar-refractivity contribution in [1.29, 1.82) is 0 Å². The number of ether oxygens (including phenoxy) is 1. The third-order valence-corrected chi connectivity index (χ3v) is 1.90. The molecule has 1 aliphatic rings. The molecule has 0 aromatic carbocycles. The van der Waals surface area contributed by atoms with Gasteiger partial charge in [-0.2, -0.15) is 0 Å². The van der Waals surface area contributed by atoms with Gasteiger partial charge in [0.2, 0.25) is 0 Å². The molecule has 5 unspecified atom stereocenters. The van der Waals surface area contributed by atoms with Gasteiger partial charge in [0.25, 0.3) is 0 Å². The Balaban J connectivity index is 0.00000144. The Kier molecular flexibility index (Phi) is 6.48. The molecule has 1 saturated heterocycles. The van der Waals surface area contributed by atoms with E-state index in [1.807, 2.05) is 0 Å². The molecule has 5 atom stereocenters. The topological polar surface area (TPSA) is 114 Å². The van der Waals surface area contributed by atoms with E-state index >= 15 is 0 Å². The minimum Gasteiger partial charge on any atom is -0.668 e. The molecule has 75 valence electrons. The molecule has 13 heavy (non-hydrogen) atoms. The van der Waals surface area contributed by atoms with Gasteiger partial charge in [-0.1, -0.05) is 6.04 Å². The Morgan fingerprint density at radius 3 is 2.15 bits per heavy atom. The van der Waals surface area contributed by atoms with Crippen LogP contribution in [-0.2, 0) is 4.74 Å². The molecular weight excluding hydrogens is 393 g/mol. The van der Waals surface area contributed by atoms with E-state index < -0.39 is 37.3 Å². The Bertz CT molecular complexity index is 155. The van der Waals surface area contributed by atoms with Crippen LogP contribution in [0.1, 0.15) is 0 Å². The van der Waals surface area contributed by atoms with Crippen molar-refractivity contribution in [1.82, 2.24) is 0 Å². The number of aliphatic hydroxyl groups is 4. The van der Waals surface area contributed by atoms with Crippen LogP contribution in [0, 0.1) is 44.1 Å². The minimum atomic E-state index is -1.46. The van der Waals surface area contributed by atoms with Crippen LogP contribution in [0.4, 0.5) is 0 Å². The van der Waals surface area contributed by atoms with E-state index in [0.29, 0.717) is 0 Å². The number of aliphatic hydroxyl groups excluding tert-OH is 4. The predicted molar refractivity (Wildman–Crippen MR) is 38.1 cm³/mol. The molecule has 1 radical (unpaired) electrons. The van der Waals surface area contributed by atoms with Crippen molar-refractivity contribution in [2.24, 2.45) is 0 Å². The molecular formula is C6H12AcNO5-. The standard InChI is InChI=1S/C6H12NO5.Ac/c7-3-5(10)4(9)2(1-8)12-6(3)11;/h2-11H,1H2;/q-1;. The zero-order chi connectivity index (χ0) is 9.30. The Morgan fingerprint density at radius 2 is 1.69 bits per heavy atom. The zero-order valence-electron chi connectivity index (χ0n) is 6.87. The van der Waals surface area contributed by atoms with E-state index in [4.69, 9.17) is 26.2 Å². The summed E-state index contributed by atoms with van der Waals surface area (Å²) in [6.07, 6.45) is -5.18. The second-order valence-corrected chi connectivity index (χ2v) is 2.75. The van der Waals surface area contributed by atoms with E-state index in [9.17, 15) is 0 Å². The molecule has 1 aliphatic heterocycles. The second kappa shape index (κ2) is 5.93. The van der Waals surface area contributed by atoms with Crippen LogP contribution in [0.25, 0.3) is 5.73 Å². The second-order valence-electron chi connectivity index (χ2n) is 2.75. The molecule has 1 heterocycles. The van der Waals surface area contributed by atoms with Crippen molar-refractivity contribution in [2.75, 3.05) is 6.61 Å². The Labute approximate surface area is 111 Å². The predicted octanol–water partition coefficient (Wildman–Crippen LogP) is -2.16. The van der Waals surface area contributed by atoms with Gasteiger partial charge in [0.05, 0.1) is 12.7 Å². The summed E-state index contributed by atoms with van der Waals surface area (Å²) in [7, 11) is 0. The smallest absolute Gasteiger partial charge is 0.141 e. The molecule has 0 aromatic heterocycles. The van der Waals surface area contributed by atoms with Gasteiger partial charge in [-0.15, -0.1) is 0 Å². The number of hydrogen-bond donors (Lipinski definition) is 4. The summed E-state index contributed by atoms with van der Waals surface area (Å²) in [5.74, 6) is 0. The van der Waals surface area contributed by atoms with E-state index in [0.717, 1.165) is 0 Å². The van der Waals surface area contributed by atoms with Gasteiger partial charge in [0, 0.05) is 44.1 Å². The average Bonchev–Trinajstić information content (AvgIpc) is 2.08.